The van der Waals surface area contributed by atoms with Gasteiger partial charge in [0, 0.05) is 30.6 Å². The molecule has 0 bridgehead atoms. The molecule has 1 aromatic carbocycles. The van der Waals surface area contributed by atoms with Gasteiger partial charge in [-0.25, -0.2) is 14.1 Å². The Hall–Kier alpha value is -3.04. The molecule has 15 heteroatoms. The first-order valence-corrected chi connectivity index (χ1v) is 13.7. The zero-order valence-corrected chi connectivity index (χ0v) is 23.4. The van der Waals surface area contributed by atoms with E-state index in [1.54, 1.807) is 27.7 Å². The largest absolute Gasteiger partial charge is 0.431 e. The lowest BCUT2D eigenvalue weighted by molar-refractivity contribution is -0.144. The minimum Gasteiger partial charge on any atom is -0.292 e. The van der Waals surface area contributed by atoms with Crippen molar-refractivity contribution in [2.24, 2.45) is 7.05 Å². The van der Waals surface area contributed by atoms with E-state index in [4.69, 9.17) is 0 Å². The molecular weight excluding hydrogens is 547 g/mol. The molecular formula is C23H28F3N5O5S2. The zero-order chi connectivity index (χ0) is 29.0. The van der Waals surface area contributed by atoms with Crippen molar-refractivity contribution in [2.45, 2.75) is 65.2 Å². The number of fused-ring (bicyclic) bond motifs is 1. The Morgan fingerprint density at radius 1 is 1.08 bits per heavy atom. The molecule has 0 unspecified atom stereocenters. The van der Waals surface area contributed by atoms with Gasteiger partial charge in [-0.15, -0.1) is 0 Å². The highest BCUT2D eigenvalue weighted by Crippen LogP contribution is 2.34. The number of halogens is 3. The molecule has 0 spiro atoms. The summed E-state index contributed by atoms with van der Waals surface area (Å²) in [7, 11) is -3.30. The second-order valence-corrected chi connectivity index (χ2v) is 12.2. The predicted molar refractivity (Wildman–Crippen MR) is 138 cm³/mol. The van der Waals surface area contributed by atoms with Gasteiger partial charge in [0.2, 0.25) is 5.91 Å². The Kier molecular flexibility index (Phi) is 7.71. The molecule has 0 fully saturated rings. The SMILES string of the molecule is CC(C)N(C(C)C)S(=O)(=O)NC(=O)C(C)(C)c1nsc2ccc(-n3c(=O)cc(C(F)(F)F)n(C)c3=O)cc12. The van der Waals surface area contributed by atoms with E-state index in [0.29, 0.717) is 25.3 Å². The van der Waals surface area contributed by atoms with E-state index in [0.717, 1.165) is 22.9 Å². The summed E-state index contributed by atoms with van der Waals surface area (Å²) >= 11 is 1.00. The van der Waals surface area contributed by atoms with Gasteiger partial charge >= 0.3 is 22.1 Å². The number of rotatable bonds is 7. The zero-order valence-electron chi connectivity index (χ0n) is 21.7. The molecule has 0 aliphatic rings. The molecule has 3 aromatic rings. The van der Waals surface area contributed by atoms with Crippen molar-refractivity contribution < 1.29 is 26.4 Å². The number of nitrogens with zero attached hydrogens (tertiary/aromatic N) is 4. The summed E-state index contributed by atoms with van der Waals surface area (Å²) in [5.74, 6) is -0.857. The molecule has 0 saturated carbocycles. The minimum absolute atomic E-state index is 0.0344. The van der Waals surface area contributed by atoms with Crippen molar-refractivity contribution in [1.82, 2.24) is 22.5 Å². The fourth-order valence-corrected chi connectivity index (χ4v) is 6.81. The van der Waals surface area contributed by atoms with Crippen LogP contribution in [0.15, 0.2) is 33.9 Å². The number of carbonyl (C=O) groups excluding carboxylic acids is 1. The van der Waals surface area contributed by atoms with Gasteiger partial charge in [-0.05, 0) is 71.3 Å². The van der Waals surface area contributed by atoms with Crippen LogP contribution in [0.1, 0.15) is 52.9 Å². The number of hydrogen-bond acceptors (Lipinski definition) is 7. The normalized spacial score (nSPS) is 13.2. The smallest absolute Gasteiger partial charge is 0.292 e. The van der Waals surface area contributed by atoms with Gasteiger partial charge in [-0.2, -0.15) is 30.3 Å². The van der Waals surface area contributed by atoms with E-state index in [1.165, 1.54) is 32.0 Å². The molecule has 0 aliphatic heterocycles. The Morgan fingerprint density at radius 2 is 1.66 bits per heavy atom. The summed E-state index contributed by atoms with van der Waals surface area (Å²) in [4.78, 5) is 38.5. The Balaban J connectivity index is 2.11. The van der Waals surface area contributed by atoms with Crippen molar-refractivity contribution >= 4 is 37.7 Å². The van der Waals surface area contributed by atoms with E-state index in [1.807, 2.05) is 0 Å². The Bertz CT molecular complexity index is 1610. The molecule has 0 aliphatic carbocycles. The van der Waals surface area contributed by atoms with Gasteiger partial charge < -0.3 is 0 Å². The molecule has 38 heavy (non-hydrogen) atoms. The van der Waals surface area contributed by atoms with Gasteiger partial charge in [0.25, 0.3) is 5.56 Å². The third-order valence-corrected chi connectivity index (χ3v) is 8.67. The maximum Gasteiger partial charge on any atom is 0.431 e. The number of hydrogen-bond donors (Lipinski definition) is 1. The van der Waals surface area contributed by atoms with Crippen molar-refractivity contribution in [2.75, 3.05) is 0 Å². The van der Waals surface area contributed by atoms with Crippen molar-refractivity contribution in [3.63, 3.8) is 0 Å². The van der Waals surface area contributed by atoms with Crippen LogP contribution in [-0.2, 0) is 33.6 Å². The van der Waals surface area contributed by atoms with Gasteiger partial charge in [0.1, 0.15) is 5.69 Å². The number of aromatic nitrogens is 3. The maximum atomic E-state index is 13.2. The summed E-state index contributed by atoms with van der Waals surface area (Å²) < 4.78 is 74.7. The molecule has 2 heterocycles. The Morgan fingerprint density at radius 3 is 2.18 bits per heavy atom. The van der Waals surface area contributed by atoms with Crippen LogP contribution in [0.4, 0.5) is 13.2 Å². The standard InChI is InChI=1S/C23H28F3N5O5S2/c1-12(2)31(13(3)4)38(35,36)28-20(33)22(5,6)19-15-10-14(8-9-16(15)37-27-19)30-18(32)11-17(23(24,25)26)29(7)21(30)34/h8-13H,1-7H3,(H,28,33). The molecule has 1 amide bonds. The number of nitrogens with one attached hydrogen (secondary N) is 1. The molecule has 3 rings (SSSR count). The highest BCUT2D eigenvalue weighted by Gasteiger charge is 2.39. The van der Waals surface area contributed by atoms with Gasteiger partial charge in [0.05, 0.1) is 21.5 Å². The molecule has 2 aromatic heterocycles. The first-order valence-electron chi connectivity index (χ1n) is 11.5. The first-order chi connectivity index (χ1) is 17.3. The van der Waals surface area contributed by atoms with E-state index < -0.39 is 56.7 Å². The van der Waals surface area contributed by atoms with Gasteiger partial charge in [-0.3, -0.25) is 14.2 Å². The summed E-state index contributed by atoms with van der Waals surface area (Å²) in [6.45, 7) is 9.65. The van der Waals surface area contributed by atoms with Crippen LogP contribution in [-0.4, -0.2) is 44.2 Å². The number of carbonyl (C=O) groups is 1. The van der Waals surface area contributed by atoms with Crippen LogP contribution in [0.3, 0.4) is 0 Å². The van der Waals surface area contributed by atoms with E-state index in [2.05, 4.69) is 9.10 Å². The Labute approximate surface area is 221 Å². The third kappa shape index (κ3) is 5.27. The van der Waals surface area contributed by atoms with E-state index >= 15 is 0 Å². The summed E-state index contributed by atoms with van der Waals surface area (Å²) in [6.07, 6.45) is -4.90. The second kappa shape index (κ2) is 9.93. The van der Waals surface area contributed by atoms with Crippen LogP contribution in [0.25, 0.3) is 15.8 Å². The monoisotopic (exact) mass is 575 g/mol. The quantitative estimate of drug-likeness (QED) is 0.462. The maximum absolute atomic E-state index is 13.2. The minimum atomic E-state index is -4.90. The lowest BCUT2D eigenvalue weighted by Crippen LogP contribution is -2.53. The summed E-state index contributed by atoms with van der Waals surface area (Å²) in [6, 6.07) is 3.74. The fourth-order valence-electron chi connectivity index (χ4n) is 4.21. The molecule has 0 atom stereocenters. The van der Waals surface area contributed by atoms with Crippen LogP contribution >= 0.6 is 11.5 Å². The molecule has 10 nitrogen and oxygen atoms in total. The lowest BCUT2D eigenvalue weighted by Gasteiger charge is -2.31. The molecule has 0 saturated heterocycles. The number of alkyl halides is 3. The second-order valence-electron chi connectivity index (χ2n) is 9.83. The predicted octanol–water partition coefficient (Wildman–Crippen LogP) is 2.92. The van der Waals surface area contributed by atoms with Crippen LogP contribution in [0.5, 0.6) is 0 Å². The average molecular weight is 576 g/mol. The fraction of sp³-hybridized carbons (Fsp3) is 0.478. The lowest BCUT2D eigenvalue weighted by atomic mass is 9.86. The third-order valence-electron chi connectivity index (χ3n) is 6.00. The first kappa shape index (κ1) is 29.5. The topological polar surface area (TPSA) is 123 Å². The molecule has 0 radical (unpaired) electrons. The summed E-state index contributed by atoms with van der Waals surface area (Å²) in [5, 5.41) is 0.337. The molecule has 208 valence electrons. The highest BCUT2D eigenvalue weighted by atomic mass is 32.2. The van der Waals surface area contributed by atoms with Crippen molar-refractivity contribution in [3.05, 3.63) is 56.5 Å². The van der Waals surface area contributed by atoms with Crippen molar-refractivity contribution in [1.29, 1.82) is 0 Å². The van der Waals surface area contributed by atoms with Gasteiger partial charge in [0.15, 0.2) is 0 Å². The number of amides is 1. The van der Waals surface area contributed by atoms with Crippen LogP contribution < -0.4 is 16.0 Å². The molecule has 1 N–H and O–H groups in total. The van der Waals surface area contributed by atoms with Crippen LogP contribution in [0, 0.1) is 0 Å². The van der Waals surface area contributed by atoms with E-state index in [-0.39, 0.29) is 11.4 Å². The number of benzene rings is 1. The van der Waals surface area contributed by atoms with Crippen molar-refractivity contribution in [3.8, 4) is 5.69 Å². The average Bonchev–Trinajstić information content (AvgIpc) is 3.18. The highest BCUT2D eigenvalue weighted by molar-refractivity contribution is 7.87. The van der Waals surface area contributed by atoms with Crippen LogP contribution in [0.2, 0.25) is 0 Å². The summed E-state index contributed by atoms with van der Waals surface area (Å²) in [5.41, 5.74) is -5.13. The van der Waals surface area contributed by atoms with Gasteiger partial charge in [-0.1, -0.05) is 0 Å². The van der Waals surface area contributed by atoms with E-state index in [9.17, 15) is 36.0 Å².